The Morgan fingerprint density at radius 3 is 1.44 bits per heavy atom. The van der Waals surface area contributed by atoms with Crippen molar-refractivity contribution in [3.8, 4) is 0 Å². The van der Waals surface area contributed by atoms with Crippen LogP contribution in [0.5, 0.6) is 0 Å². The third kappa shape index (κ3) is 1.76. The van der Waals surface area contributed by atoms with Gasteiger partial charge in [-0.15, -0.1) is 0 Å². The van der Waals surface area contributed by atoms with E-state index in [1.54, 1.807) is 0 Å². The molecule has 0 bridgehead atoms. The number of nitrogens with zero attached hydrogens (tertiary/aromatic N) is 2. The van der Waals surface area contributed by atoms with Gasteiger partial charge in [0.15, 0.2) is 0 Å². The number of rotatable bonds is 0. The van der Waals surface area contributed by atoms with Crippen molar-refractivity contribution in [2.24, 2.45) is 9.98 Å². The molecule has 2 nitrogen and oxygen atoms in total. The Bertz CT molecular complexity index is 607. The second-order valence-corrected chi connectivity index (χ2v) is 4.43. The minimum atomic E-state index is 0.991. The Kier molecular flexibility index (Phi) is 2.56. The Hall–Kier alpha value is -2.22. The summed E-state index contributed by atoms with van der Waals surface area (Å²) >= 11 is 0. The van der Waals surface area contributed by atoms with Crippen LogP contribution in [-0.4, -0.2) is 11.4 Å². The van der Waals surface area contributed by atoms with Gasteiger partial charge < -0.3 is 0 Å². The largest absolute Gasteiger partial charge is 0.252 e. The monoisotopic (exact) mass is 234 g/mol. The summed E-state index contributed by atoms with van der Waals surface area (Å²) in [5, 5.41) is 0. The summed E-state index contributed by atoms with van der Waals surface area (Å²) in [6.45, 7) is 4.07. The Morgan fingerprint density at radius 1 is 0.611 bits per heavy atom. The highest BCUT2D eigenvalue weighted by atomic mass is 14.8. The van der Waals surface area contributed by atoms with Gasteiger partial charge in [-0.3, -0.25) is 9.98 Å². The summed E-state index contributed by atoms with van der Waals surface area (Å²) in [6.07, 6.45) is 0. The van der Waals surface area contributed by atoms with Crippen LogP contribution in [0, 0.1) is 0 Å². The van der Waals surface area contributed by atoms with E-state index in [1.807, 2.05) is 50.2 Å². The highest BCUT2D eigenvalue weighted by Gasteiger charge is 2.11. The molecule has 2 aromatic carbocycles. The Balaban J connectivity index is 2.31. The molecule has 0 unspecified atom stereocenters. The molecule has 2 heteroatoms. The van der Waals surface area contributed by atoms with Gasteiger partial charge in [0.25, 0.3) is 0 Å². The molecule has 0 spiro atoms. The lowest BCUT2D eigenvalue weighted by atomic mass is 10.0. The van der Waals surface area contributed by atoms with Gasteiger partial charge in [-0.05, 0) is 26.0 Å². The third-order valence-electron chi connectivity index (χ3n) is 3.16. The molecule has 1 heterocycles. The van der Waals surface area contributed by atoms with Crippen LogP contribution in [-0.2, 0) is 0 Å². The van der Waals surface area contributed by atoms with Gasteiger partial charge in [0.1, 0.15) is 0 Å². The summed E-state index contributed by atoms with van der Waals surface area (Å²) in [7, 11) is 0. The quantitative estimate of drug-likeness (QED) is 0.650. The highest BCUT2D eigenvalue weighted by molar-refractivity contribution is 6.11. The molecule has 1 aliphatic heterocycles. The van der Waals surface area contributed by atoms with Crippen molar-refractivity contribution < 1.29 is 0 Å². The van der Waals surface area contributed by atoms with E-state index in [1.165, 1.54) is 0 Å². The topological polar surface area (TPSA) is 24.7 Å². The zero-order valence-corrected chi connectivity index (χ0v) is 10.5. The minimum absolute atomic E-state index is 0.991. The fourth-order valence-corrected chi connectivity index (χ4v) is 2.24. The lowest BCUT2D eigenvalue weighted by Gasteiger charge is -2.13. The first-order valence-corrected chi connectivity index (χ1v) is 6.05. The van der Waals surface area contributed by atoms with Crippen molar-refractivity contribution in [2.75, 3.05) is 0 Å². The predicted molar refractivity (Wildman–Crippen MR) is 76.6 cm³/mol. The van der Waals surface area contributed by atoms with Crippen LogP contribution in [0.15, 0.2) is 58.5 Å². The van der Waals surface area contributed by atoms with Crippen LogP contribution in [0.1, 0.15) is 25.0 Å². The van der Waals surface area contributed by atoms with Gasteiger partial charge in [-0.2, -0.15) is 0 Å². The van der Waals surface area contributed by atoms with Gasteiger partial charge in [0, 0.05) is 22.6 Å². The first-order valence-electron chi connectivity index (χ1n) is 6.05. The van der Waals surface area contributed by atoms with Crippen LogP contribution >= 0.6 is 0 Å². The Morgan fingerprint density at radius 2 is 1.00 bits per heavy atom. The van der Waals surface area contributed by atoms with Gasteiger partial charge >= 0.3 is 0 Å². The second kappa shape index (κ2) is 4.22. The minimum Gasteiger partial charge on any atom is -0.252 e. The fraction of sp³-hybridized carbons (Fsp3) is 0.125. The maximum Gasteiger partial charge on any atom is 0.0723 e. The van der Waals surface area contributed by atoms with E-state index >= 15 is 0 Å². The molecule has 0 saturated carbocycles. The van der Waals surface area contributed by atoms with Crippen LogP contribution in [0.3, 0.4) is 0 Å². The standard InChI is InChI=1S/C16H14N2/c1-11-13-7-3-5-9-15(13)18-12(2)14-8-4-6-10-16(14)17-11/h3-10H,1-2H3. The van der Waals surface area contributed by atoms with Crippen molar-refractivity contribution in [2.45, 2.75) is 13.8 Å². The van der Waals surface area contributed by atoms with Gasteiger partial charge in [0.2, 0.25) is 0 Å². The molecule has 0 radical (unpaired) electrons. The summed E-state index contributed by atoms with van der Waals surface area (Å²) < 4.78 is 0. The van der Waals surface area contributed by atoms with Crippen molar-refractivity contribution in [1.29, 1.82) is 0 Å². The fourth-order valence-electron chi connectivity index (χ4n) is 2.24. The summed E-state index contributed by atoms with van der Waals surface area (Å²) in [5.74, 6) is 0. The molecule has 1 aliphatic rings. The molecular formula is C16H14N2. The normalized spacial score (nSPS) is 13.7. The molecule has 18 heavy (non-hydrogen) atoms. The van der Waals surface area contributed by atoms with Gasteiger partial charge in [-0.1, -0.05) is 36.4 Å². The number of fused-ring (bicyclic) bond motifs is 2. The molecule has 2 aromatic rings. The average molecular weight is 234 g/mol. The smallest absolute Gasteiger partial charge is 0.0723 e. The molecule has 0 fully saturated rings. The van der Waals surface area contributed by atoms with Crippen LogP contribution in [0.2, 0.25) is 0 Å². The van der Waals surface area contributed by atoms with E-state index in [0.29, 0.717) is 0 Å². The summed E-state index contributed by atoms with van der Waals surface area (Å²) in [4.78, 5) is 9.45. The molecule has 0 saturated heterocycles. The van der Waals surface area contributed by atoms with E-state index in [9.17, 15) is 0 Å². The van der Waals surface area contributed by atoms with E-state index in [0.717, 1.165) is 33.9 Å². The number of benzene rings is 2. The van der Waals surface area contributed by atoms with E-state index < -0.39 is 0 Å². The van der Waals surface area contributed by atoms with Crippen molar-refractivity contribution in [1.82, 2.24) is 0 Å². The first-order chi connectivity index (χ1) is 8.75. The van der Waals surface area contributed by atoms with Gasteiger partial charge in [0.05, 0.1) is 11.4 Å². The molecule has 0 amide bonds. The lowest BCUT2D eigenvalue weighted by Crippen LogP contribution is -2.02. The zero-order valence-electron chi connectivity index (χ0n) is 10.5. The van der Waals surface area contributed by atoms with Crippen LogP contribution in [0.4, 0.5) is 11.4 Å². The number of hydrogen-bond acceptors (Lipinski definition) is 2. The van der Waals surface area contributed by atoms with Crippen molar-refractivity contribution >= 4 is 22.8 Å². The third-order valence-corrected chi connectivity index (χ3v) is 3.16. The van der Waals surface area contributed by atoms with E-state index in [4.69, 9.17) is 9.98 Å². The van der Waals surface area contributed by atoms with E-state index in [-0.39, 0.29) is 0 Å². The molecule has 0 N–H and O–H groups in total. The van der Waals surface area contributed by atoms with Crippen LogP contribution in [0.25, 0.3) is 0 Å². The molecule has 88 valence electrons. The predicted octanol–water partition coefficient (Wildman–Crippen LogP) is 4.28. The number of hydrogen-bond donors (Lipinski definition) is 0. The molecule has 3 rings (SSSR count). The molecular weight excluding hydrogens is 220 g/mol. The summed E-state index contributed by atoms with van der Waals surface area (Å²) in [5.41, 5.74) is 6.21. The molecule has 0 aromatic heterocycles. The highest BCUT2D eigenvalue weighted by Crippen LogP contribution is 2.28. The second-order valence-electron chi connectivity index (χ2n) is 4.43. The van der Waals surface area contributed by atoms with Gasteiger partial charge in [-0.25, -0.2) is 0 Å². The summed E-state index contributed by atoms with van der Waals surface area (Å²) in [6, 6.07) is 16.3. The SMILES string of the molecule is CC1=Nc2ccccc2C(C)=Nc2ccccc21. The van der Waals surface area contributed by atoms with Crippen LogP contribution < -0.4 is 0 Å². The maximum absolute atomic E-state index is 4.73. The molecule has 0 aliphatic carbocycles. The van der Waals surface area contributed by atoms with Crippen molar-refractivity contribution in [3.63, 3.8) is 0 Å². The zero-order chi connectivity index (χ0) is 12.5. The molecule has 0 atom stereocenters. The first kappa shape index (κ1) is 10.9. The van der Waals surface area contributed by atoms with Crippen molar-refractivity contribution in [3.05, 3.63) is 59.7 Å². The lowest BCUT2D eigenvalue weighted by molar-refractivity contribution is 1.39. The number of aliphatic imine (C=N–C) groups is 2. The maximum atomic E-state index is 4.73. The average Bonchev–Trinajstić information content (AvgIpc) is 2.38. The number of para-hydroxylation sites is 2. The van der Waals surface area contributed by atoms with E-state index in [2.05, 4.69) is 12.1 Å². The Labute approximate surface area is 107 Å².